The number of benzene rings is 3. The second-order valence-electron chi connectivity index (χ2n) is 7.25. The van der Waals surface area contributed by atoms with Crippen LogP contribution in [0.25, 0.3) is 0 Å². The van der Waals surface area contributed by atoms with Gasteiger partial charge in [0.25, 0.3) is 0 Å². The maximum atomic E-state index is 10.4. The quantitative estimate of drug-likeness (QED) is 0.635. The number of aryl methyl sites for hydroxylation is 1. The van der Waals surface area contributed by atoms with Crippen molar-refractivity contribution in [3.05, 3.63) is 95.1 Å². The molecule has 0 bridgehead atoms. The number of nitrogens with zero attached hydrogens (tertiary/aromatic N) is 1. The summed E-state index contributed by atoms with van der Waals surface area (Å²) in [5, 5.41) is 14.0. The SMILES string of the molecule is CCc1ccc(C2=N[C@H](c3ccccc3OC)N[C@H](c3ccccc3O)C2)cc1. The maximum Gasteiger partial charge on any atom is 0.129 e. The highest BCUT2D eigenvalue weighted by Crippen LogP contribution is 2.36. The Morgan fingerprint density at radius 2 is 1.66 bits per heavy atom. The molecule has 29 heavy (non-hydrogen) atoms. The first-order valence-electron chi connectivity index (χ1n) is 10.0. The van der Waals surface area contributed by atoms with Crippen molar-refractivity contribution in [2.24, 2.45) is 4.99 Å². The van der Waals surface area contributed by atoms with Gasteiger partial charge < -0.3 is 9.84 Å². The summed E-state index contributed by atoms with van der Waals surface area (Å²) in [7, 11) is 1.68. The van der Waals surface area contributed by atoms with Crippen LogP contribution in [0.5, 0.6) is 11.5 Å². The highest BCUT2D eigenvalue weighted by Gasteiger charge is 2.28. The largest absolute Gasteiger partial charge is 0.508 e. The van der Waals surface area contributed by atoms with E-state index in [9.17, 15) is 5.11 Å². The molecular formula is C25H26N2O2. The van der Waals surface area contributed by atoms with E-state index >= 15 is 0 Å². The Morgan fingerprint density at radius 1 is 0.966 bits per heavy atom. The molecular weight excluding hydrogens is 360 g/mol. The molecule has 0 spiro atoms. The van der Waals surface area contributed by atoms with Gasteiger partial charge in [-0.3, -0.25) is 10.3 Å². The zero-order valence-electron chi connectivity index (χ0n) is 16.8. The number of methoxy groups -OCH3 is 1. The Balaban J connectivity index is 1.77. The van der Waals surface area contributed by atoms with Crippen molar-refractivity contribution in [3.63, 3.8) is 0 Å². The van der Waals surface area contributed by atoms with Crippen molar-refractivity contribution in [3.8, 4) is 11.5 Å². The number of para-hydroxylation sites is 2. The topological polar surface area (TPSA) is 53.8 Å². The molecule has 0 aliphatic carbocycles. The molecule has 148 valence electrons. The summed E-state index contributed by atoms with van der Waals surface area (Å²) in [6.45, 7) is 2.16. The number of aromatic hydroxyl groups is 1. The van der Waals surface area contributed by atoms with Crippen molar-refractivity contribution in [2.75, 3.05) is 7.11 Å². The second-order valence-corrected chi connectivity index (χ2v) is 7.25. The van der Waals surface area contributed by atoms with Gasteiger partial charge in [0.05, 0.1) is 7.11 Å². The van der Waals surface area contributed by atoms with Crippen LogP contribution in [0, 0.1) is 0 Å². The van der Waals surface area contributed by atoms with Crippen LogP contribution in [0.1, 0.15) is 47.8 Å². The molecule has 1 aliphatic heterocycles. The molecule has 0 radical (unpaired) electrons. The van der Waals surface area contributed by atoms with Crippen molar-refractivity contribution in [1.82, 2.24) is 5.32 Å². The fourth-order valence-corrected chi connectivity index (χ4v) is 3.85. The van der Waals surface area contributed by atoms with Crippen LogP contribution in [0.15, 0.2) is 77.8 Å². The number of hydrogen-bond donors (Lipinski definition) is 2. The smallest absolute Gasteiger partial charge is 0.129 e. The lowest BCUT2D eigenvalue weighted by Gasteiger charge is -2.31. The number of ether oxygens (including phenoxy) is 1. The molecule has 1 aliphatic rings. The van der Waals surface area contributed by atoms with Gasteiger partial charge in [-0.25, -0.2) is 0 Å². The fourth-order valence-electron chi connectivity index (χ4n) is 3.85. The minimum absolute atomic E-state index is 0.0514. The third kappa shape index (κ3) is 4.03. The number of aliphatic imine (C=N–C) groups is 1. The Bertz CT molecular complexity index is 1010. The third-order valence-electron chi connectivity index (χ3n) is 5.48. The van der Waals surface area contributed by atoms with E-state index in [1.807, 2.05) is 42.5 Å². The molecule has 0 amide bonds. The molecule has 4 heteroatoms. The van der Waals surface area contributed by atoms with Gasteiger partial charge in [0.1, 0.15) is 17.7 Å². The summed E-state index contributed by atoms with van der Waals surface area (Å²) >= 11 is 0. The predicted octanol–water partition coefficient (Wildman–Crippen LogP) is 5.19. The lowest BCUT2D eigenvalue weighted by atomic mass is 9.93. The zero-order chi connectivity index (χ0) is 20.2. The van der Waals surface area contributed by atoms with E-state index in [0.29, 0.717) is 12.2 Å². The van der Waals surface area contributed by atoms with Gasteiger partial charge in [0.2, 0.25) is 0 Å². The molecule has 0 saturated heterocycles. The van der Waals surface area contributed by atoms with Gasteiger partial charge >= 0.3 is 0 Å². The zero-order valence-corrected chi connectivity index (χ0v) is 16.8. The normalized spacial score (nSPS) is 18.9. The molecule has 3 aromatic rings. The highest BCUT2D eigenvalue weighted by atomic mass is 16.5. The van der Waals surface area contributed by atoms with Crippen molar-refractivity contribution in [2.45, 2.75) is 32.0 Å². The molecule has 0 fully saturated rings. The van der Waals surface area contributed by atoms with E-state index in [2.05, 4.69) is 36.5 Å². The van der Waals surface area contributed by atoms with Gasteiger partial charge in [-0.15, -0.1) is 0 Å². The van der Waals surface area contributed by atoms with E-state index in [0.717, 1.165) is 34.6 Å². The standard InChI is InChI=1S/C25H26N2O2/c1-3-17-12-14-18(15-13-17)21-16-22(19-8-4-6-10-23(19)28)27-25(26-21)20-9-5-7-11-24(20)29-2/h4-15,22,25,27-28H,3,16H2,1-2H3/t22-,25-/m0/s1. The van der Waals surface area contributed by atoms with E-state index in [1.165, 1.54) is 5.56 Å². The van der Waals surface area contributed by atoms with E-state index in [1.54, 1.807) is 13.2 Å². The number of phenolic OH excluding ortho intramolecular Hbond substituents is 1. The van der Waals surface area contributed by atoms with E-state index < -0.39 is 0 Å². The van der Waals surface area contributed by atoms with E-state index in [4.69, 9.17) is 9.73 Å². The Morgan fingerprint density at radius 3 is 2.34 bits per heavy atom. The van der Waals surface area contributed by atoms with Crippen LogP contribution in [0.2, 0.25) is 0 Å². The summed E-state index contributed by atoms with van der Waals surface area (Å²) in [6.07, 6.45) is 1.46. The van der Waals surface area contributed by atoms with Gasteiger partial charge in [-0.1, -0.05) is 67.6 Å². The van der Waals surface area contributed by atoms with Crippen LogP contribution in [0.4, 0.5) is 0 Å². The number of phenols is 1. The van der Waals surface area contributed by atoms with Crippen LogP contribution >= 0.6 is 0 Å². The molecule has 0 unspecified atom stereocenters. The minimum atomic E-state index is -0.259. The third-order valence-corrected chi connectivity index (χ3v) is 5.48. The highest BCUT2D eigenvalue weighted by molar-refractivity contribution is 6.01. The summed E-state index contributed by atoms with van der Waals surface area (Å²) in [5.41, 5.74) is 5.31. The van der Waals surface area contributed by atoms with Gasteiger partial charge in [-0.05, 0) is 29.7 Å². The number of rotatable bonds is 5. The Kier molecular flexibility index (Phi) is 5.63. The number of nitrogens with one attached hydrogen (secondary N) is 1. The first-order valence-corrected chi connectivity index (χ1v) is 10.0. The van der Waals surface area contributed by atoms with Gasteiger partial charge in [0, 0.05) is 29.3 Å². The van der Waals surface area contributed by atoms with Gasteiger partial charge in [0.15, 0.2) is 0 Å². The molecule has 1 heterocycles. The van der Waals surface area contributed by atoms with Crippen LogP contribution in [-0.4, -0.2) is 17.9 Å². The first-order chi connectivity index (χ1) is 14.2. The second kappa shape index (κ2) is 8.50. The number of hydrogen-bond acceptors (Lipinski definition) is 4. The molecule has 0 aromatic heterocycles. The van der Waals surface area contributed by atoms with Crippen molar-refractivity contribution < 1.29 is 9.84 Å². The molecule has 4 rings (SSSR count). The average molecular weight is 386 g/mol. The predicted molar refractivity (Wildman–Crippen MR) is 117 cm³/mol. The maximum absolute atomic E-state index is 10.4. The lowest BCUT2D eigenvalue weighted by molar-refractivity contribution is 0.381. The monoisotopic (exact) mass is 386 g/mol. The molecule has 4 nitrogen and oxygen atoms in total. The summed E-state index contributed by atoms with van der Waals surface area (Å²) < 4.78 is 5.58. The van der Waals surface area contributed by atoms with Crippen LogP contribution in [0.3, 0.4) is 0 Å². The molecule has 0 saturated carbocycles. The minimum Gasteiger partial charge on any atom is -0.508 e. The van der Waals surface area contributed by atoms with Crippen molar-refractivity contribution in [1.29, 1.82) is 0 Å². The Hall–Kier alpha value is -3.11. The molecule has 2 atom stereocenters. The molecule has 3 aromatic carbocycles. The van der Waals surface area contributed by atoms with Crippen LogP contribution in [-0.2, 0) is 6.42 Å². The molecule has 2 N–H and O–H groups in total. The lowest BCUT2D eigenvalue weighted by Crippen LogP contribution is -2.33. The first kappa shape index (κ1) is 19.2. The Labute approximate surface area is 171 Å². The van der Waals surface area contributed by atoms with Crippen LogP contribution < -0.4 is 10.1 Å². The summed E-state index contributed by atoms with van der Waals surface area (Å²) in [6, 6.07) is 24.0. The van der Waals surface area contributed by atoms with Gasteiger partial charge in [-0.2, -0.15) is 0 Å². The summed E-state index contributed by atoms with van der Waals surface area (Å²) in [5.74, 6) is 1.10. The average Bonchev–Trinajstić information content (AvgIpc) is 2.79. The fraction of sp³-hybridized carbons (Fsp3) is 0.240. The summed E-state index contributed by atoms with van der Waals surface area (Å²) in [4.78, 5) is 5.04. The van der Waals surface area contributed by atoms with Crippen molar-refractivity contribution >= 4 is 5.71 Å². The van der Waals surface area contributed by atoms with E-state index in [-0.39, 0.29) is 12.2 Å².